The van der Waals surface area contributed by atoms with Crippen LogP contribution in [-0.4, -0.2) is 21.5 Å². The van der Waals surface area contributed by atoms with Gasteiger partial charge in [-0.05, 0) is 47.8 Å². The summed E-state index contributed by atoms with van der Waals surface area (Å²) in [6, 6.07) is 12.6. The number of carboxylic acids is 1. The fraction of sp³-hybridized carbons (Fsp3) is 0.174. The number of nitrogens with one attached hydrogen (secondary N) is 1. The molecule has 0 bridgehead atoms. The number of carbonyl (C=O) groups is 2. The number of fused-ring (bicyclic) bond motifs is 1. The molecule has 0 unspecified atom stereocenters. The topological polar surface area (TPSA) is 141 Å². The molecule has 10 heteroatoms. The molecule has 1 fully saturated rings. The average Bonchev–Trinajstić information content (AvgIpc) is 3.24. The summed E-state index contributed by atoms with van der Waals surface area (Å²) in [4.78, 5) is 23.6. The molecule has 9 nitrogen and oxygen atoms in total. The van der Waals surface area contributed by atoms with Gasteiger partial charge in [0.1, 0.15) is 28.5 Å². The van der Waals surface area contributed by atoms with Crippen molar-refractivity contribution in [3.05, 3.63) is 65.2 Å². The van der Waals surface area contributed by atoms with E-state index in [2.05, 4.69) is 21.5 Å². The van der Waals surface area contributed by atoms with Crippen LogP contribution in [0.15, 0.2) is 51.3 Å². The van der Waals surface area contributed by atoms with E-state index < -0.39 is 17.5 Å². The Hall–Kier alpha value is -4.23. The fourth-order valence-electron chi connectivity index (χ4n) is 3.32. The first-order valence-electron chi connectivity index (χ1n) is 9.97. The number of amides is 1. The molecule has 0 radical (unpaired) electrons. The summed E-state index contributed by atoms with van der Waals surface area (Å²) in [5.41, 5.74) is 6.37. The van der Waals surface area contributed by atoms with Crippen LogP contribution in [0.25, 0.3) is 11.2 Å². The molecule has 3 heterocycles. The van der Waals surface area contributed by atoms with Gasteiger partial charge in [0.2, 0.25) is 0 Å². The number of nitrogens with zero attached hydrogens (tertiary/aromatic N) is 1. The quantitative estimate of drug-likeness (QED) is 0.372. The van der Waals surface area contributed by atoms with Crippen LogP contribution in [0.3, 0.4) is 0 Å². The van der Waals surface area contributed by atoms with Crippen molar-refractivity contribution in [2.45, 2.75) is 24.9 Å². The highest BCUT2D eigenvalue weighted by molar-refractivity contribution is 7.10. The molecule has 4 N–H and O–H groups in total. The maximum Gasteiger partial charge on any atom is 0.412 e. The number of aromatic nitrogens is 1. The SMILES string of the molecule is Nc1snc(C#Cc2cc3cc(C4(C(=O)O)CC4)oc3o2)c1NC(=O)OCc1ccccc1. The van der Waals surface area contributed by atoms with Crippen molar-refractivity contribution in [1.29, 1.82) is 0 Å². The average molecular weight is 463 g/mol. The normalized spacial score (nSPS) is 13.8. The summed E-state index contributed by atoms with van der Waals surface area (Å²) in [6.07, 6.45) is 0.407. The number of anilines is 2. The van der Waals surface area contributed by atoms with E-state index in [-0.39, 0.29) is 28.8 Å². The highest BCUT2D eigenvalue weighted by Crippen LogP contribution is 2.50. The second-order valence-corrected chi connectivity index (χ2v) is 8.36. The predicted molar refractivity (Wildman–Crippen MR) is 120 cm³/mol. The minimum atomic E-state index is -0.943. The second-order valence-electron chi connectivity index (χ2n) is 7.56. The summed E-state index contributed by atoms with van der Waals surface area (Å²) >= 11 is 0.994. The van der Waals surface area contributed by atoms with Gasteiger partial charge in [-0.1, -0.05) is 30.3 Å². The highest BCUT2D eigenvalue weighted by atomic mass is 32.1. The number of rotatable bonds is 5. The first-order valence-corrected chi connectivity index (χ1v) is 10.7. The number of hydrogen-bond donors (Lipinski definition) is 3. The van der Waals surface area contributed by atoms with E-state index in [9.17, 15) is 14.7 Å². The molecule has 1 amide bonds. The van der Waals surface area contributed by atoms with Crippen LogP contribution < -0.4 is 11.1 Å². The maximum atomic E-state index is 12.2. The van der Waals surface area contributed by atoms with Gasteiger partial charge in [-0.2, -0.15) is 4.37 Å². The largest absolute Gasteiger partial charge is 0.480 e. The summed E-state index contributed by atoms with van der Waals surface area (Å²) in [7, 11) is 0. The molecule has 0 spiro atoms. The lowest BCUT2D eigenvalue weighted by molar-refractivity contribution is -0.140. The zero-order valence-electron chi connectivity index (χ0n) is 17.1. The van der Waals surface area contributed by atoms with Crippen LogP contribution in [0.5, 0.6) is 0 Å². The third-order valence-electron chi connectivity index (χ3n) is 5.31. The number of hydrogen-bond acceptors (Lipinski definition) is 8. The second kappa shape index (κ2) is 8.03. The van der Waals surface area contributed by atoms with Crippen LogP contribution in [0, 0.1) is 11.8 Å². The van der Waals surface area contributed by atoms with E-state index in [0.29, 0.717) is 29.7 Å². The van der Waals surface area contributed by atoms with Gasteiger partial charge in [0.15, 0.2) is 11.5 Å². The van der Waals surface area contributed by atoms with Crippen molar-refractivity contribution in [1.82, 2.24) is 4.37 Å². The van der Waals surface area contributed by atoms with Crippen molar-refractivity contribution in [3.63, 3.8) is 0 Å². The van der Waals surface area contributed by atoms with Gasteiger partial charge < -0.3 is 24.4 Å². The molecule has 1 aromatic carbocycles. The Morgan fingerprint density at radius 3 is 2.70 bits per heavy atom. The zero-order chi connectivity index (χ0) is 23.0. The highest BCUT2D eigenvalue weighted by Gasteiger charge is 2.54. The summed E-state index contributed by atoms with van der Waals surface area (Å²) in [5, 5.41) is 12.9. The van der Waals surface area contributed by atoms with E-state index in [0.717, 1.165) is 17.1 Å². The van der Waals surface area contributed by atoms with Gasteiger partial charge in [-0.3, -0.25) is 10.1 Å². The van der Waals surface area contributed by atoms with Crippen molar-refractivity contribution in [2.75, 3.05) is 11.1 Å². The van der Waals surface area contributed by atoms with Gasteiger partial charge >= 0.3 is 12.1 Å². The van der Waals surface area contributed by atoms with E-state index in [1.165, 1.54) is 0 Å². The molecule has 0 saturated heterocycles. The molecule has 4 aromatic rings. The van der Waals surface area contributed by atoms with Gasteiger partial charge in [0, 0.05) is 6.07 Å². The Bertz CT molecular complexity index is 1390. The van der Waals surface area contributed by atoms with Crippen LogP contribution in [0.1, 0.15) is 35.6 Å². The molecule has 1 aliphatic carbocycles. The van der Waals surface area contributed by atoms with E-state index >= 15 is 0 Å². The Kier molecular flexibility index (Phi) is 5.03. The van der Waals surface area contributed by atoms with Crippen LogP contribution in [-0.2, 0) is 21.6 Å². The van der Waals surface area contributed by atoms with Crippen molar-refractivity contribution < 1.29 is 28.3 Å². The lowest BCUT2D eigenvalue weighted by atomic mass is 10.0. The third kappa shape index (κ3) is 4.02. The summed E-state index contributed by atoms with van der Waals surface area (Å²) < 4.78 is 20.6. The standard InChI is InChI=1S/C23H17N3O6S/c24-19-18(25-22(29)30-12-13-4-2-1-3-5-13)16(26-33-19)7-6-15-10-14-11-17(32-20(14)31-15)23(8-9-23)21(27)28/h1-5,10-11H,8-9,12,24H2,(H,25,29)(H,27,28). The van der Waals surface area contributed by atoms with Gasteiger partial charge in [-0.15, -0.1) is 0 Å². The molecular formula is C23H17N3O6S. The number of furan rings is 2. The molecule has 33 heavy (non-hydrogen) atoms. The number of aliphatic carboxylic acids is 1. The number of nitrogens with two attached hydrogens (primary N) is 1. The van der Waals surface area contributed by atoms with Crippen molar-refractivity contribution >= 4 is 45.4 Å². The Balaban J connectivity index is 1.29. The monoisotopic (exact) mass is 463 g/mol. The van der Waals surface area contributed by atoms with Gasteiger partial charge in [-0.25, -0.2) is 4.79 Å². The molecule has 5 rings (SSSR count). The van der Waals surface area contributed by atoms with Gasteiger partial charge in [0.05, 0.1) is 5.39 Å². The minimum absolute atomic E-state index is 0.113. The lowest BCUT2D eigenvalue weighted by Gasteiger charge is -2.06. The number of benzene rings is 1. The molecular weight excluding hydrogens is 446 g/mol. The maximum absolute atomic E-state index is 12.2. The molecule has 0 atom stereocenters. The first kappa shape index (κ1) is 20.7. The number of ether oxygens (including phenoxy) is 1. The lowest BCUT2D eigenvalue weighted by Crippen LogP contribution is -2.18. The zero-order valence-corrected chi connectivity index (χ0v) is 17.9. The molecule has 1 saturated carbocycles. The van der Waals surface area contributed by atoms with E-state index in [1.54, 1.807) is 12.1 Å². The third-order valence-corrected chi connectivity index (χ3v) is 5.98. The molecule has 1 aliphatic rings. The number of carboxylic acid groups (broad SMARTS) is 1. The van der Waals surface area contributed by atoms with Crippen molar-refractivity contribution in [3.8, 4) is 11.8 Å². The number of carbonyl (C=O) groups excluding carboxylic acids is 1. The van der Waals surface area contributed by atoms with Crippen LogP contribution in [0.2, 0.25) is 0 Å². The van der Waals surface area contributed by atoms with Crippen LogP contribution >= 0.6 is 11.5 Å². The smallest absolute Gasteiger partial charge is 0.412 e. The predicted octanol–water partition coefficient (Wildman–Crippen LogP) is 4.33. The molecule has 0 aliphatic heterocycles. The van der Waals surface area contributed by atoms with E-state index in [1.807, 2.05) is 30.3 Å². The summed E-state index contributed by atoms with van der Waals surface area (Å²) in [6.45, 7) is 0.113. The summed E-state index contributed by atoms with van der Waals surface area (Å²) in [5.74, 6) is 5.65. The van der Waals surface area contributed by atoms with Crippen molar-refractivity contribution in [2.24, 2.45) is 0 Å². The first-order chi connectivity index (χ1) is 15.9. The number of nitrogen functional groups attached to an aromatic ring is 1. The van der Waals surface area contributed by atoms with Gasteiger partial charge in [0.25, 0.3) is 5.78 Å². The minimum Gasteiger partial charge on any atom is -0.480 e. The molecule has 3 aromatic heterocycles. The van der Waals surface area contributed by atoms with E-state index in [4.69, 9.17) is 19.3 Å². The Morgan fingerprint density at radius 1 is 1.21 bits per heavy atom. The molecule has 166 valence electrons. The Morgan fingerprint density at radius 2 is 2.00 bits per heavy atom. The fourth-order valence-corrected chi connectivity index (χ4v) is 3.88. The Labute approximate surface area is 191 Å². The van der Waals surface area contributed by atoms with Crippen LogP contribution in [0.4, 0.5) is 15.5 Å².